The molecule has 1 aromatic carbocycles. The third-order valence-corrected chi connectivity index (χ3v) is 3.79. The molecule has 2 heterocycles. The lowest BCUT2D eigenvalue weighted by Gasteiger charge is -2.15. The van der Waals surface area contributed by atoms with Gasteiger partial charge in [-0.2, -0.15) is 0 Å². The third-order valence-electron chi connectivity index (χ3n) is 3.79. The molecule has 0 atom stereocenters. The molecule has 1 aromatic heterocycles. The number of carbonyl (C=O) groups excluding carboxylic acids is 1. The molecule has 5 nitrogen and oxygen atoms in total. The molecule has 0 aliphatic carbocycles. The number of nitrogens with one attached hydrogen (secondary N) is 1. The second-order valence-corrected chi connectivity index (χ2v) is 5.80. The fourth-order valence-corrected chi connectivity index (χ4v) is 2.80. The molecule has 2 aromatic rings. The molecule has 1 fully saturated rings. The monoisotopic (exact) mass is 296 g/mol. The highest BCUT2D eigenvalue weighted by molar-refractivity contribution is 6.02. The van der Waals surface area contributed by atoms with Crippen LogP contribution in [0.5, 0.6) is 0 Å². The Bertz CT molecular complexity index is 655. The molecule has 1 saturated heterocycles. The largest absolute Gasteiger partial charge is 0.355 e. The summed E-state index contributed by atoms with van der Waals surface area (Å²) in [6.07, 6.45) is 2.38. The van der Waals surface area contributed by atoms with Crippen LogP contribution in [0.3, 0.4) is 0 Å². The molecule has 5 heteroatoms. The minimum atomic E-state index is -0.231. The predicted octanol–water partition coefficient (Wildman–Crippen LogP) is 2.95. The van der Waals surface area contributed by atoms with E-state index in [1.165, 1.54) is 12.8 Å². The first kappa shape index (κ1) is 14.5. The van der Waals surface area contributed by atoms with Gasteiger partial charge in [-0.15, -0.1) is 10.2 Å². The van der Waals surface area contributed by atoms with Crippen molar-refractivity contribution in [1.82, 2.24) is 10.2 Å². The Morgan fingerprint density at radius 1 is 1.05 bits per heavy atom. The highest BCUT2D eigenvalue weighted by atomic mass is 16.1. The fourth-order valence-electron chi connectivity index (χ4n) is 2.80. The van der Waals surface area contributed by atoms with Gasteiger partial charge >= 0.3 is 0 Å². The number of aromatic nitrogens is 2. The van der Waals surface area contributed by atoms with Crippen LogP contribution in [0.15, 0.2) is 30.3 Å². The van der Waals surface area contributed by atoms with Gasteiger partial charge < -0.3 is 10.2 Å². The van der Waals surface area contributed by atoms with Crippen molar-refractivity contribution in [3.63, 3.8) is 0 Å². The van der Waals surface area contributed by atoms with E-state index in [0.29, 0.717) is 5.69 Å². The van der Waals surface area contributed by atoms with E-state index in [1.54, 1.807) is 6.07 Å². The molecule has 1 amide bonds. The molecule has 1 N–H and O–H groups in total. The van der Waals surface area contributed by atoms with E-state index in [1.807, 2.05) is 32.0 Å². The van der Waals surface area contributed by atoms with E-state index in [-0.39, 0.29) is 5.91 Å². The predicted molar refractivity (Wildman–Crippen MR) is 87.3 cm³/mol. The van der Waals surface area contributed by atoms with E-state index in [0.717, 1.165) is 35.7 Å². The second-order valence-electron chi connectivity index (χ2n) is 5.80. The number of benzene rings is 1. The van der Waals surface area contributed by atoms with Crippen LogP contribution in [0.1, 0.15) is 34.5 Å². The number of amides is 1. The van der Waals surface area contributed by atoms with Gasteiger partial charge in [0, 0.05) is 18.8 Å². The number of hydrogen-bond acceptors (Lipinski definition) is 4. The lowest BCUT2D eigenvalue weighted by Crippen LogP contribution is -2.21. The highest BCUT2D eigenvalue weighted by Crippen LogP contribution is 2.17. The molecule has 0 radical (unpaired) electrons. The van der Waals surface area contributed by atoms with E-state index < -0.39 is 0 Å². The number of rotatable bonds is 3. The van der Waals surface area contributed by atoms with Crippen LogP contribution >= 0.6 is 0 Å². The van der Waals surface area contributed by atoms with Crippen molar-refractivity contribution in [1.29, 1.82) is 0 Å². The standard InChI is InChI=1S/C17H20N4O/c1-12-9-13(2)11-14(10-12)18-17(22)15-5-6-16(20-19-15)21-7-3-4-8-21/h5-6,9-11H,3-4,7-8H2,1-2H3,(H,18,22). The Morgan fingerprint density at radius 2 is 1.73 bits per heavy atom. The first-order valence-electron chi connectivity index (χ1n) is 7.60. The number of carbonyl (C=O) groups is 1. The van der Waals surface area contributed by atoms with Crippen LogP contribution < -0.4 is 10.2 Å². The summed E-state index contributed by atoms with van der Waals surface area (Å²) < 4.78 is 0. The van der Waals surface area contributed by atoms with E-state index in [9.17, 15) is 4.79 Å². The Morgan fingerprint density at radius 3 is 2.32 bits per heavy atom. The fraction of sp³-hybridized carbons (Fsp3) is 0.353. The van der Waals surface area contributed by atoms with Crippen LogP contribution in [0.4, 0.5) is 11.5 Å². The average Bonchev–Trinajstić information content (AvgIpc) is 3.00. The van der Waals surface area contributed by atoms with Crippen LogP contribution in [0, 0.1) is 13.8 Å². The van der Waals surface area contributed by atoms with Gasteiger partial charge in [0.15, 0.2) is 11.5 Å². The summed E-state index contributed by atoms with van der Waals surface area (Å²) in [7, 11) is 0. The second kappa shape index (κ2) is 6.13. The zero-order valence-corrected chi connectivity index (χ0v) is 13.0. The topological polar surface area (TPSA) is 58.1 Å². The van der Waals surface area contributed by atoms with Crippen molar-refractivity contribution in [2.24, 2.45) is 0 Å². The van der Waals surface area contributed by atoms with Crippen molar-refractivity contribution in [3.8, 4) is 0 Å². The molecule has 0 unspecified atom stereocenters. The van der Waals surface area contributed by atoms with Crippen LogP contribution in [0.2, 0.25) is 0 Å². The Balaban J connectivity index is 1.71. The molecular weight excluding hydrogens is 276 g/mol. The number of nitrogens with zero attached hydrogens (tertiary/aromatic N) is 3. The molecule has 1 aliphatic heterocycles. The van der Waals surface area contributed by atoms with E-state index in [4.69, 9.17) is 0 Å². The maximum Gasteiger partial charge on any atom is 0.276 e. The highest BCUT2D eigenvalue weighted by Gasteiger charge is 2.15. The zero-order chi connectivity index (χ0) is 15.5. The number of anilines is 2. The quantitative estimate of drug-likeness (QED) is 0.946. The molecule has 22 heavy (non-hydrogen) atoms. The molecule has 0 saturated carbocycles. The van der Waals surface area contributed by atoms with Gasteiger partial charge in [0.2, 0.25) is 0 Å². The number of hydrogen-bond donors (Lipinski definition) is 1. The summed E-state index contributed by atoms with van der Waals surface area (Å²) in [5.41, 5.74) is 3.35. The summed E-state index contributed by atoms with van der Waals surface area (Å²) in [5.74, 6) is 0.617. The zero-order valence-electron chi connectivity index (χ0n) is 13.0. The summed E-state index contributed by atoms with van der Waals surface area (Å²) in [6, 6.07) is 9.56. The minimum Gasteiger partial charge on any atom is -0.355 e. The summed E-state index contributed by atoms with van der Waals surface area (Å²) in [4.78, 5) is 14.4. The Hall–Kier alpha value is -2.43. The maximum absolute atomic E-state index is 12.2. The smallest absolute Gasteiger partial charge is 0.276 e. The van der Waals surface area contributed by atoms with Crippen molar-refractivity contribution in [2.45, 2.75) is 26.7 Å². The molecule has 0 spiro atoms. The lowest BCUT2D eigenvalue weighted by atomic mass is 10.1. The van der Waals surface area contributed by atoms with Crippen molar-refractivity contribution < 1.29 is 4.79 Å². The van der Waals surface area contributed by atoms with E-state index in [2.05, 4.69) is 26.5 Å². The van der Waals surface area contributed by atoms with Gasteiger partial charge in [-0.25, -0.2) is 0 Å². The first-order chi connectivity index (χ1) is 10.6. The molecule has 3 rings (SSSR count). The van der Waals surface area contributed by atoms with Crippen molar-refractivity contribution >= 4 is 17.4 Å². The summed E-state index contributed by atoms with van der Waals surface area (Å²) >= 11 is 0. The van der Waals surface area contributed by atoms with Crippen LogP contribution in [0.25, 0.3) is 0 Å². The molecule has 0 bridgehead atoms. The SMILES string of the molecule is Cc1cc(C)cc(NC(=O)c2ccc(N3CCCC3)nn2)c1. The van der Waals surface area contributed by atoms with Gasteiger partial charge in [0.25, 0.3) is 5.91 Å². The van der Waals surface area contributed by atoms with Gasteiger partial charge in [0.05, 0.1) is 0 Å². The normalized spacial score (nSPS) is 14.2. The maximum atomic E-state index is 12.2. The Labute approximate surface area is 130 Å². The minimum absolute atomic E-state index is 0.231. The molecular formula is C17H20N4O. The molecule has 1 aliphatic rings. The molecule has 114 valence electrons. The third kappa shape index (κ3) is 3.24. The van der Waals surface area contributed by atoms with Gasteiger partial charge in [-0.3, -0.25) is 4.79 Å². The van der Waals surface area contributed by atoms with Crippen molar-refractivity contribution in [3.05, 3.63) is 47.2 Å². The number of aryl methyl sites for hydroxylation is 2. The van der Waals surface area contributed by atoms with E-state index >= 15 is 0 Å². The van der Waals surface area contributed by atoms with Gasteiger partial charge in [-0.1, -0.05) is 6.07 Å². The summed E-state index contributed by atoms with van der Waals surface area (Å²) in [6.45, 7) is 6.05. The average molecular weight is 296 g/mol. The summed E-state index contributed by atoms with van der Waals surface area (Å²) in [5, 5.41) is 11.1. The van der Waals surface area contributed by atoms with Crippen molar-refractivity contribution in [2.75, 3.05) is 23.3 Å². The van der Waals surface area contributed by atoms with Crippen LogP contribution in [-0.2, 0) is 0 Å². The van der Waals surface area contributed by atoms with Gasteiger partial charge in [-0.05, 0) is 62.1 Å². The Kier molecular flexibility index (Phi) is 4.04. The van der Waals surface area contributed by atoms with Gasteiger partial charge in [0.1, 0.15) is 0 Å². The van der Waals surface area contributed by atoms with Crippen LogP contribution in [-0.4, -0.2) is 29.2 Å². The lowest BCUT2D eigenvalue weighted by molar-refractivity contribution is 0.102. The first-order valence-corrected chi connectivity index (χ1v) is 7.60.